The third-order valence-corrected chi connectivity index (χ3v) is 5.24. The van der Waals surface area contributed by atoms with Gasteiger partial charge in [-0.25, -0.2) is 0 Å². The number of amides is 1. The van der Waals surface area contributed by atoms with Crippen LogP contribution in [0.25, 0.3) is 10.9 Å². The van der Waals surface area contributed by atoms with E-state index in [0.717, 1.165) is 35.7 Å². The predicted octanol–water partition coefficient (Wildman–Crippen LogP) is 4.20. The lowest BCUT2D eigenvalue weighted by molar-refractivity contribution is 0.0729. The van der Waals surface area contributed by atoms with Gasteiger partial charge in [-0.2, -0.15) is 0 Å². The van der Waals surface area contributed by atoms with Crippen LogP contribution < -0.4 is 9.47 Å². The molecule has 1 saturated carbocycles. The number of carbonyl (C=O) groups is 1. The normalized spacial score (nSPS) is 15.9. The second kappa shape index (κ2) is 7.15. The maximum absolute atomic E-state index is 13.3. The van der Waals surface area contributed by atoms with Crippen molar-refractivity contribution in [2.24, 2.45) is 0 Å². The van der Waals surface area contributed by atoms with Crippen LogP contribution in [-0.4, -0.2) is 35.0 Å². The Morgan fingerprint density at radius 2 is 1.86 bits per heavy atom. The Morgan fingerprint density at radius 3 is 2.71 bits per heavy atom. The molecule has 0 atom stereocenters. The van der Waals surface area contributed by atoms with Gasteiger partial charge in [-0.15, -0.1) is 0 Å². The van der Waals surface area contributed by atoms with E-state index in [1.807, 2.05) is 47.5 Å². The fraction of sp³-hybridized carbons (Fsp3) is 0.304. The van der Waals surface area contributed by atoms with Crippen molar-refractivity contribution in [1.29, 1.82) is 0 Å². The summed E-state index contributed by atoms with van der Waals surface area (Å²) in [5.41, 5.74) is 2.66. The minimum Gasteiger partial charge on any atom is -0.490 e. The lowest BCUT2D eigenvalue weighted by Crippen LogP contribution is -2.32. The fourth-order valence-corrected chi connectivity index (χ4v) is 3.61. The molecule has 2 aliphatic rings. The van der Waals surface area contributed by atoms with E-state index < -0.39 is 0 Å². The van der Waals surface area contributed by atoms with Crippen molar-refractivity contribution in [2.75, 3.05) is 13.2 Å². The molecule has 1 fully saturated rings. The first-order valence-corrected chi connectivity index (χ1v) is 9.82. The molecule has 0 radical (unpaired) electrons. The van der Waals surface area contributed by atoms with Crippen LogP contribution in [-0.2, 0) is 6.54 Å². The van der Waals surface area contributed by atoms with E-state index in [1.165, 1.54) is 0 Å². The summed E-state index contributed by atoms with van der Waals surface area (Å²) in [4.78, 5) is 19.8. The summed E-state index contributed by atoms with van der Waals surface area (Å²) < 4.78 is 11.4. The molecule has 1 amide bonds. The van der Waals surface area contributed by atoms with Crippen molar-refractivity contribution < 1.29 is 14.3 Å². The quantitative estimate of drug-likeness (QED) is 0.687. The number of benzene rings is 2. The molecule has 28 heavy (non-hydrogen) atoms. The van der Waals surface area contributed by atoms with Crippen LogP contribution in [0.2, 0.25) is 0 Å². The molecule has 1 aliphatic carbocycles. The van der Waals surface area contributed by atoms with Crippen LogP contribution in [0.1, 0.15) is 35.2 Å². The summed E-state index contributed by atoms with van der Waals surface area (Å²) in [6, 6.07) is 16.0. The highest BCUT2D eigenvalue weighted by atomic mass is 16.5. The number of hydrogen-bond donors (Lipinski definition) is 0. The van der Waals surface area contributed by atoms with Crippen LogP contribution >= 0.6 is 0 Å². The first-order chi connectivity index (χ1) is 13.8. The number of nitrogens with zero attached hydrogens (tertiary/aromatic N) is 2. The van der Waals surface area contributed by atoms with Gasteiger partial charge in [0.15, 0.2) is 11.5 Å². The lowest BCUT2D eigenvalue weighted by Gasteiger charge is -2.23. The highest BCUT2D eigenvalue weighted by Crippen LogP contribution is 2.34. The SMILES string of the molecule is O=C(c1ccc2c(c1)OCCCO2)N(Cc1cnc2ccccc2c1)C1CC1. The first-order valence-electron chi connectivity index (χ1n) is 9.82. The summed E-state index contributed by atoms with van der Waals surface area (Å²) >= 11 is 0. The highest BCUT2D eigenvalue weighted by Gasteiger charge is 2.33. The maximum atomic E-state index is 13.3. The molecule has 2 aromatic carbocycles. The van der Waals surface area contributed by atoms with Gasteiger partial charge in [0, 0.05) is 36.2 Å². The van der Waals surface area contributed by atoms with E-state index in [0.29, 0.717) is 42.9 Å². The summed E-state index contributed by atoms with van der Waals surface area (Å²) in [6.45, 7) is 1.82. The van der Waals surface area contributed by atoms with Gasteiger partial charge in [-0.3, -0.25) is 9.78 Å². The third kappa shape index (κ3) is 3.40. The van der Waals surface area contributed by atoms with E-state index in [2.05, 4.69) is 17.1 Å². The minimum atomic E-state index is 0.0336. The van der Waals surface area contributed by atoms with Gasteiger partial charge in [0.25, 0.3) is 5.91 Å². The fourth-order valence-electron chi connectivity index (χ4n) is 3.61. The minimum absolute atomic E-state index is 0.0336. The zero-order valence-electron chi connectivity index (χ0n) is 15.6. The largest absolute Gasteiger partial charge is 0.490 e. The molecule has 0 saturated heterocycles. The number of pyridine rings is 1. The average molecular weight is 374 g/mol. The number of rotatable bonds is 4. The summed E-state index contributed by atoms with van der Waals surface area (Å²) in [6.07, 6.45) is 4.83. The number of hydrogen-bond acceptors (Lipinski definition) is 4. The predicted molar refractivity (Wildman–Crippen MR) is 107 cm³/mol. The summed E-state index contributed by atoms with van der Waals surface area (Å²) in [5.74, 6) is 1.41. The van der Waals surface area contributed by atoms with Crippen molar-refractivity contribution in [3.63, 3.8) is 0 Å². The smallest absolute Gasteiger partial charge is 0.254 e. The molecule has 0 bridgehead atoms. The van der Waals surface area contributed by atoms with Crippen molar-refractivity contribution in [3.8, 4) is 11.5 Å². The van der Waals surface area contributed by atoms with Gasteiger partial charge >= 0.3 is 0 Å². The molecule has 3 aromatic rings. The molecular formula is C23H22N2O3. The molecule has 1 aliphatic heterocycles. The Bertz CT molecular complexity index is 1030. The molecule has 5 heteroatoms. The standard InChI is InChI=1S/C23H22N2O3/c26-23(18-6-9-21-22(13-18)28-11-3-10-27-21)25(19-7-8-19)15-16-12-17-4-1-2-5-20(17)24-14-16/h1-2,4-6,9,12-14,19H,3,7-8,10-11,15H2. The number of fused-ring (bicyclic) bond motifs is 2. The van der Waals surface area contributed by atoms with Gasteiger partial charge in [0.05, 0.1) is 18.7 Å². The van der Waals surface area contributed by atoms with Gasteiger partial charge in [-0.1, -0.05) is 18.2 Å². The Labute approximate surface area is 163 Å². The van der Waals surface area contributed by atoms with Crippen molar-refractivity contribution >= 4 is 16.8 Å². The molecule has 0 N–H and O–H groups in total. The van der Waals surface area contributed by atoms with Crippen LogP contribution in [0.3, 0.4) is 0 Å². The molecular weight excluding hydrogens is 352 g/mol. The maximum Gasteiger partial charge on any atom is 0.254 e. The van der Waals surface area contributed by atoms with E-state index in [4.69, 9.17) is 9.47 Å². The molecule has 1 aromatic heterocycles. The zero-order chi connectivity index (χ0) is 18.9. The number of para-hydroxylation sites is 1. The van der Waals surface area contributed by atoms with Crippen LogP contribution in [0, 0.1) is 0 Å². The van der Waals surface area contributed by atoms with Gasteiger partial charge < -0.3 is 14.4 Å². The highest BCUT2D eigenvalue weighted by molar-refractivity contribution is 5.95. The molecule has 2 heterocycles. The van der Waals surface area contributed by atoms with Crippen LogP contribution in [0.5, 0.6) is 11.5 Å². The molecule has 0 unspecified atom stereocenters. The van der Waals surface area contributed by atoms with E-state index in [9.17, 15) is 4.79 Å². The lowest BCUT2D eigenvalue weighted by atomic mass is 10.1. The molecule has 0 spiro atoms. The second-order valence-corrected chi connectivity index (χ2v) is 7.41. The van der Waals surface area contributed by atoms with E-state index in [-0.39, 0.29) is 5.91 Å². The second-order valence-electron chi connectivity index (χ2n) is 7.41. The first kappa shape index (κ1) is 17.0. The Balaban J connectivity index is 1.41. The number of ether oxygens (including phenoxy) is 2. The van der Waals surface area contributed by atoms with Gasteiger partial charge in [0.2, 0.25) is 0 Å². The molecule has 5 nitrogen and oxygen atoms in total. The molecule has 5 rings (SSSR count). The summed E-state index contributed by atoms with van der Waals surface area (Å²) in [7, 11) is 0. The van der Waals surface area contributed by atoms with Crippen molar-refractivity contribution in [3.05, 3.63) is 65.9 Å². The third-order valence-electron chi connectivity index (χ3n) is 5.24. The summed E-state index contributed by atoms with van der Waals surface area (Å²) in [5, 5.41) is 1.10. The Hall–Kier alpha value is -3.08. The van der Waals surface area contributed by atoms with E-state index in [1.54, 1.807) is 0 Å². The zero-order valence-corrected chi connectivity index (χ0v) is 15.6. The topological polar surface area (TPSA) is 51.7 Å². The van der Waals surface area contributed by atoms with E-state index >= 15 is 0 Å². The van der Waals surface area contributed by atoms with Crippen LogP contribution in [0.15, 0.2) is 54.7 Å². The van der Waals surface area contributed by atoms with Gasteiger partial charge in [-0.05, 0) is 48.7 Å². The van der Waals surface area contributed by atoms with Crippen molar-refractivity contribution in [2.45, 2.75) is 31.8 Å². The van der Waals surface area contributed by atoms with Crippen molar-refractivity contribution in [1.82, 2.24) is 9.88 Å². The monoisotopic (exact) mass is 374 g/mol. The molecule has 142 valence electrons. The van der Waals surface area contributed by atoms with Crippen LogP contribution in [0.4, 0.5) is 0 Å². The number of carbonyl (C=O) groups excluding carboxylic acids is 1. The Morgan fingerprint density at radius 1 is 1.04 bits per heavy atom. The average Bonchev–Trinajstić information content (AvgIpc) is 3.58. The Kier molecular flexibility index (Phi) is 4.35. The number of aromatic nitrogens is 1. The van der Waals surface area contributed by atoms with Gasteiger partial charge in [0.1, 0.15) is 0 Å².